The normalized spacial score (nSPS) is 12.3. The SMILES string of the molecule is CC(=O)c1ccc(CNC(=O)c2ccc3c(c2)OCCN3Cc2ccc(-c3ccccc3C(=O)O)cc2)cc1. The van der Waals surface area contributed by atoms with Gasteiger partial charge in [-0.3, -0.25) is 9.59 Å². The number of aromatic carboxylic acids is 1. The lowest BCUT2D eigenvalue weighted by molar-refractivity contribution is 0.0697. The fraction of sp³-hybridized carbons (Fsp3) is 0.156. The van der Waals surface area contributed by atoms with Crippen LogP contribution in [0.2, 0.25) is 0 Å². The minimum absolute atomic E-state index is 0.00668. The van der Waals surface area contributed by atoms with Crippen LogP contribution in [0.5, 0.6) is 5.75 Å². The third kappa shape index (κ3) is 5.83. The zero-order chi connectivity index (χ0) is 27.4. The summed E-state index contributed by atoms with van der Waals surface area (Å²) >= 11 is 0. The summed E-state index contributed by atoms with van der Waals surface area (Å²) in [5, 5.41) is 12.4. The maximum absolute atomic E-state index is 12.8. The second-order valence-electron chi connectivity index (χ2n) is 9.44. The number of carboxylic acid groups (broad SMARTS) is 1. The van der Waals surface area contributed by atoms with Gasteiger partial charge in [-0.05, 0) is 53.4 Å². The van der Waals surface area contributed by atoms with E-state index in [1.54, 1.807) is 36.4 Å². The molecule has 0 atom stereocenters. The number of benzene rings is 4. The van der Waals surface area contributed by atoms with E-state index in [1.165, 1.54) is 6.92 Å². The molecule has 1 aliphatic heterocycles. The number of nitrogens with zero attached hydrogens (tertiary/aromatic N) is 1. The third-order valence-corrected chi connectivity index (χ3v) is 6.79. The van der Waals surface area contributed by atoms with Crippen LogP contribution < -0.4 is 15.0 Å². The van der Waals surface area contributed by atoms with Crippen molar-refractivity contribution < 1.29 is 24.2 Å². The molecule has 4 aromatic rings. The Morgan fingerprint density at radius 2 is 1.56 bits per heavy atom. The molecule has 1 amide bonds. The molecule has 0 spiro atoms. The predicted octanol–water partition coefficient (Wildman–Crippen LogP) is 5.58. The van der Waals surface area contributed by atoms with E-state index in [9.17, 15) is 19.5 Å². The first-order chi connectivity index (χ1) is 18.9. The number of hydrogen-bond acceptors (Lipinski definition) is 5. The molecule has 2 N–H and O–H groups in total. The van der Waals surface area contributed by atoms with Crippen LogP contribution in [0.15, 0.2) is 91.0 Å². The zero-order valence-corrected chi connectivity index (χ0v) is 21.5. The van der Waals surface area contributed by atoms with Crippen molar-refractivity contribution >= 4 is 23.3 Å². The van der Waals surface area contributed by atoms with Crippen LogP contribution in [0.4, 0.5) is 5.69 Å². The number of carbonyl (C=O) groups is 3. The fourth-order valence-electron chi connectivity index (χ4n) is 4.66. The molecule has 5 rings (SSSR count). The lowest BCUT2D eigenvalue weighted by Gasteiger charge is -2.31. The monoisotopic (exact) mass is 520 g/mol. The van der Waals surface area contributed by atoms with Gasteiger partial charge in [0.15, 0.2) is 5.78 Å². The number of carboxylic acids is 1. The first kappa shape index (κ1) is 25.7. The van der Waals surface area contributed by atoms with Crippen molar-refractivity contribution in [2.75, 3.05) is 18.1 Å². The largest absolute Gasteiger partial charge is 0.490 e. The maximum Gasteiger partial charge on any atom is 0.336 e. The number of carbonyl (C=O) groups excluding carboxylic acids is 2. The summed E-state index contributed by atoms with van der Waals surface area (Å²) in [5.74, 6) is -0.485. The molecule has 196 valence electrons. The molecule has 0 saturated carbocycles. The van der Waals surface area contributed by atoms with Gasteiger partial charge in [-0.15, -0.1) is 0 Å². The maximum atomic E-state index is 12.8. The Bertz CT molecular complexity index is 1530. The van der Waals surface area contributed by atoms with Gasteiger partial charge in [0.05, 0.1) is 17.8 Å². The van der Waals surface area contributed by atoms with Crippen molar-refractivity contribution in [1.29, 1.82) is 0 Å². The number of hydrogen-bond donors (Lipinski definition) is 2. The van der Waals surface area contributed by atoms with Gasteiger partial charge in [0.25, 0.3) is 5.91 Å². The van der Waals surface area contributed by atoms with E-state index in [1.807, 2.05) is 54.6 Å². The lowest BCUT2D eigenvalue weighted by atomic mass is 9.98. The Balaban J connectivity index is 1.25. The van der Waals surface area contributed by atoms with Crippen molar-refractivity contribution in [3.05, 3.63) is 119 Å². The van der Waals surface area contributed by atoms with Crippen LogP contribution >= 0.6 is 0 Å². The minimum atomic E-state index is -0.948. The molecule has 1 aliphatic rings. The van der Waals surface area contributed by atoms with Crippen LogP contribution in [0.1, 0.15) is 49.1 Å². The van der Waals surface area contributed by atoms with E-state index in [2.05, 4.69) is 10.2 Å². The van der Waals surface area contributed by atoms with E-state index >= 15 is 0 Å². The van der Waals surface area contributed by atoms with Gasteiger partial charge >= 0.3 is 5.97 Å². The highest BCUT2D eigenvalue weighted by Crippen LogP contribution is 2.34. The number of amides is 1. The van der Waals surface area contributed by atoms with Gasteiger partial charge in [0.2, 0.25) is 0 Å². The first-order valence-corrected chi connectivity index (χ1v) is 12.7. The van der Waals surface area contributed by atoms with E-state index in [-0.39, 0.29) is 17.3 Å². The van der Waals surface area contributed by atoms with Gasteiger partial charge in [0, 0.05) is 24.2 Å². The van der Waals surface area contributed by atoms with Gasteiger partial charge in [-0.25, -0.2) is 4.79 Å². The summed E-state index contributed by atoms with van der Waals surface area (Å²) < 4.78 is 5.88. The fourth-order valence-corrected chi connectivity index (χ4v) is 4.66. The smallest absolute Gasteiger partial charge is 0.336 e. The Hall–Kier alpha value is -4.91. The molecule has 7 heteroatoms. The van der Waals surface area contributed by atoms with Crippen molar-refractivity contribution in [2.45, 2.75) is 20.0 Å². The number of anilines is 1. The number of ether oxygens (including phenoxy) is 1. The van der Waals surface area contributed by atoms with Gasteiger partial charge in [0.1, 0.15) is 12.4 Å². The molecule has 39 heavy (non-hydrogen) atoms. The number of rotatable bonds is 8. The Kier molecular flexibility index (Phi) is 7.41. The van der Waals surface area contributed by atoms with E-state index in [0.29, 0.717) is 48.7 Å². The standard InChI is InChI=1S/C32H28N2O5/c1-21(35)24-10-6-22(7-11-24)19-33-31(36)26-14-15-29-30(18-26)39-17-16-34(29)20-23-8-12-25(13-9-23)27-4-2-3-5-28(27)32(37)38/h2-15,18H,16-17,19-20H2,1H3,(H,33,36)(H,37,38). The van der Waals surface area contributed by atoms with Crippen LogP contribution in [-0.4, -0.2) is 35.9 Å². The lowest BCUT2D eigenvalue weighted by Crippen LogP contribution is -2.32. The second-order valence-corrected chi connectivity index (χ2v) is 9.44. The Morgan fingerprint density at radius 3 is 2.28 bits per heavy atom. The Labute approximate surface area is 226 Å². The highest BCUT2D eigenvalue weighted by Gasteiger charge is 2.20. The van der Waals surface area contributed by atoms with Crippen molar-refractivity contribution in [1.82, 2.24) is 5.32 Å². The number of nitrogens with one attached hydrogen (secondary N) is 1. The van der Waals surface area contributed by atoms with Crippen LogP contribution in [0.3, 0.4) is 0 Å². The topological polar surface area (TPSA) is 95.9 Å². The molecule has 0 radical (unpaired) electrons. The molecule has 0 fully saturated rings. The average molecular weight is 521 g/mol. The average Bonchev–Trinajstić information content (AvgIpc) is 2.96. The predicted molar refractivity (Wildman–Crippen MR) is 149 cm³/mol. The molecule has 0 aliphatic carbocycles. The molecule has 0 aromatic heterocycles. The van der Waals surface area contributed by atoms with Crippen LogP contribution in [0.25, 0.3) is 11.1 Å². The van der Waals surface area contributed by atoms with Crippen LogP contribution in [0, 0.1) is 0 Å². The molecule has 0 unspecified atom stereocenters. The van der Waals surface area contributed by atoms with Crippen molar-refractivity contribution in [3.63, 3.8) is 0 Å². The highest BCUT2D eigenvalue weighted by molar-refractivity contribution is 5.96. The zero-order valence-electron chi connectivity index (χ0n) is 21.5. The molecular weight excluding hydrogens is 492 g/mol. The summed E-state index contributed by atoms with van der Waals surface area (Å²) in [5.41, 5.74) is 5.87. The minimum Gasteiger partial charge on any atom is -0.490 e. The number of ketones is 1. The highest BCUT2D eigenvalue weighted by atomic mass is 16.5. The van der Waals surface area contributed by atoms with E-state index in [4.69, 9.17) is 4.74 Å². The molecular formula is C32H28N2O5. The second kappa shape index (κ2) is 11.2. The van der Waals surface area contributed by atoms with Crippen LogP contribution in [-0.2, 0) is 13.1 Å². The van der Waals surface area contributed by atoms with Gasteiger partial charge in [-0.2, -0.15) is 0 Å². The summed E-state index contributed by atoms with van der Waals surface area (Å²) in [6.07, 6.45) is 0. The summed E-state index contributed by atoms with van der Waals surface area (Å²) in [6, 6.07) is 27.5. The number of Topliss-reactive ketones (excluding diaryl/α,β-unsaturated/α-hetero) is 1. The van der Waals surface area contributed by atoms with E-state index in [0.717, 1.165) is 22.4 Å². The van der Waals surface area contributed by atoms with Crippen molar-refractivity contribution in [2.24, 2.45) is 0 Å². The molecule has 0 saturated heterocycles. The first-order valence-electron chi connectivity index (χ1n) is 12.7. The van der Waals surface area contributed by atoms with Gasteiger partial charge < -0.3 is 20.1 Å². The molecule has 7 nitrogen and oxygen atoms in total. The third-order valence-electron chi connectivity index (χ3n) is 6.79. The van der Waals surface area contributed by atoms with E-state index < -0.39 is 5.97 Å². The van der Waals surface area contributed by atoms with Crippen molar-refractivity contribution in [3.8, 4) is 16.9 Å². The summed E-state index contributed by atoms with van der Waals surface area (Å²) in [4.78, 5) is 38.0. The Morgan fingerprint density at radius 1 is 0.872 bits per heavy atom. The van der Waals surface area contributed by atoms with Gasteiger partial charge in [-0.1, -0.05) is 66.7 Å². The molecule has 4 aromatic carbocycles. The molecule has 1 heterocycles. The quantitative estimate of drug-likeness (QED) is 0.294. The molecule has 0 bridgehead atoms. The number of fused-ring (bicyclic) bond motifs is 1. The summed E-state index contributed by atoms with van der Waals surface area (Å²) in [7, 11) is 0. The summed E-state index contributed by atoms with van der Waals surface area (Å²) in [6.45, 7) is 3.74.